The SMILES string of the molecule is COc1ccccc1OCCNc1cc(F)ccc1C. The molecule has 0 aliphatic carbocycles. The molecule has 0 heterocycles. The van der Waals surface area contributed by atoms with E-state index in [0.29, 0.717) is 24.7 Å². The molecule has 0 bridgehead atoms. The maximum Gasteiger partial charge on any atom is 0.161 e. The summed E-state index contributed by atoms with van der Waals surface area (Å²) in [5.41, 5.74) is 1.79. The minimum absolute atomic E-state index is 0.247. The van der Waals surface area contributed by atoms with Crippen molar-refractivity contribution >= 4 is 5.69 Å². The molecule has 4 heteroatoms. The fourth-order valence-corrected chi connectivity index (χ4v) is 1.87. The summed E-state index contributed by atoms with van der Waals surface area (Å²) in [6.07, 6.45) is 0. The third kappa shape index (κ3) is 3.63. The molecule has 0 aliphatic heterocycles. The molecule has 0 atom stereocenters. The highest BCUT2D eigenvalue weighted by Gasteiger charge is 2.03. The van der Waals surface area contributed by atoms with Crippen LogP contribution in [0.15, 0.2) is 42.5 Å². The van der Waals surface area contributed by atoms with Gasteiger partial charge in [-0.05, 0) is 36.8 Å². The summed E-state index contributed by atoms with van der Waals surface area (Å²) in [6.45, 7) is 2.99. The van der Waals surface area contributed by atoms with E-state index in [4.69, 9.17) is 9.47 Å². The van der Waals surface area contributed by atoms with Gasteiger partial charge in [0.1, 0.15) is 12.4 Å². The summed E-state index contributed by atoms with van der Waals surface area (Å²) >= 11 is 0. The largest absolute Gasteiger partial charge is 0.493 e. The van der Waals surface area contributed by atoms with Crippen molar-refractivity contribution in [3.05, 3.63) is 53.8 Å². The fourth-order valence-electron chi connectivity index (χ4n) is 1.87. The van der Waals surface area contributed by atoms with E-state index in [0.717, 1.165) is 11.3 Å². The molecule has 3 nitrogen and oxygen atoms in total. The van der Waals surface area contributed by atoms with Crippen LogP contribution in [-0.4, -0.2) is 20.3 Å². The van der Waals surface area contributed by atoms with Crippen LogP contribution in [0.25, 0.3) is 0 Å². The summed E-state index contributed by atoms with van der Waals surface area (Å²) < 4.78 is 24.0. The summed E-state index contributed by atoms with van der Waals surface area (Å²) in [5.74, 6) is 1.16. The predicted molar refractivity (Wildman–Crippen MR) is 78.1 cm³/mol. The minimum atomic E-state index is -0.247. The number of aryl methyl sites for hydroxylation is 1. The minimum Gasteiger partial charge on any atom is -0.493 e. The highest BCUT2D eigenvalue weighted by Crippen LogP contribution is 2.25. The van der Waals surface area contributed by atoms with Crippen molar-refractivity contribution in [3.63, 3.8) is 0 Å². The monoisotopic (exact) mass is 275 g/mol. The van der Waals surface area contributed by atoms with E-state index in [2.05, 4.69) is 5.32 Å². The molecule has 0 spiro atoms. The predicted octanol–water partition coefficient (Wildman–Crippen LogP) is 3.63. The van der Waals surface area contributed by atoms with Crippen molar-refractivity contribution < 1.29 is 13.9 Å². The molecule has 0 radical (unpaired) electrons. The van der Waals surface area contributed by atoms with Crippen molar-refractivity contribution in [3.8, 4) is 11.5 Å². The lowest BCUT2D eigenvalue weighted by Crippen LogP contribution is -2.12. The van der Waals surface area contributed by atoms with Gasteiger partial charge in [-0.1, -0.05) is 18.2 Å². The molecule has 0 unspecified atom stereocenters. The molecule has 0 fully saturated rings. The Labute approximate surface area is 118 Å². The van der Waals surface area contributed by atoms with Crippen molar-refractivity contribution in [2.45, 2.75) is 6.92 Å². The Balaban J connectivity index is 1.86. The second kappa shape index (κ2) is 6.80. The highest BCUT2D eigenvalue weighted by atomic mass is 19.1. The Hall–Kier alpha value is -2.23. The van der Waals surface area contributed by atoms with Crippen LogP contribution in [0.1, 0.15) is 5.56 Å². The summed E-state index contributed by atoms with van der Waals surface area (Å²) in [6, 6.07) is 12.2. The number of para-hydroxylation sites is 2. The van der Waals surface area contributed by atoms with Gasteiger partial charge >= 0.3 is 0 Å². The van der Waals surface area contributed by atoms with Crippen LogP contribution in [0.3, 0.4) is 0 Å². The van der Waals surface area contributed by atoms with Gasteiger partial charge in [-0.15, -0.1) is 0 Å². The Morgan fingerprint density at radius 2 is 1.85 bits per heavy atom. The molecule has 106 valence electrons. The Morgan fingerprint density at radius 1 is 1.10 bits per heavy atom. The van der Waals surface area contributed by atoms with E-state index >= 15 is 0 Å². The second-order valence-corrected chi connectivity index (χ2v) is 4.39. The van der Waals surface area contributed by atoms with Crippen LogP contribution < -0.4 is 14.8 Å². The van der Waals surface area contributed by atoms with Gasteiger partial charge in [0.15, 0.2) is 11.5 Å². The fraction of sp³-hybridized carbons (Fsp3) is 0.250. The van der Waals surface area contributed by atoms with Gasteiger partial charge in [-0.3, -0.25) is 0 Å². The van der Waals surface area contributed by atoms with Gasteiger partial charge in [-0.25, -0.2) is 4.39 Å². The molecule has 0 aliphatic rings. The van der Waals surface area contributed by atoms with Crippen LogP contribution >= 0.6 is 0 Å². The first-order valence-corrected chi connectivity index (χ1v) is 6.46. The molecule has 0 amide bonds. The average Bonchev–Trinajstić information content (AvgIpc) is 2.47. The number of rotatable bonds is 6. The second-order valence-electron chi connectivity index (χ2n) is 4.39. The van der Waals surface area contributed by atoms with Crippen LogP contribution in [0, 0.1) is 12.7 Å². The molecule has 2 rings (SSSR count). The zero-order chi connectivity index (χ0) is 14.4. The van der Waals surface area contributed by atoms with Gasteiger partial charge < -0.3 is 14.8 Å². The summed E-state index contributed by atoms with van der Waals surface area (Å²) in [7, 11) is 1.61. The van der Waals surface area contributed by atoms with Gasteiger partial charge in [0.05, 0.1) is 7.11 Å². The lowest BCUT2D eigenvalue weighted by atomic mass is 10.2. The smallest absolute Gasteiger partial charge is 0.161 e. The third-order valence-corrected chi connectivity index (χ3v) is 2.94. The number of hydrogen-bond donors (Lipinski definition) is 1. The maximum absolute atomic E-state index is 13.1. The van der Waals surface area contributed by atoms with Crippen LogP contribution in [0.5, 0.6) is 11.5 Å². The summed E-state index contributed by atoms with van der Waals surface area (Å²) in [5, 5.41) is 3.16. The molecule has 0 saturated heterocycles. The topological polar surface area (TPSA) is 30.5 Å². The lowest BCUT2D eigenvalue weighted by molar-refractivity contribution is 0.306. The normalized spacial score (nSPS) is 10.2. The molecular weight excluding hydrogens is 257 g/mol. The quantitative estimate of drug-likeness (QED) is 0.817. The zero-order valence-electron chi connectivity index (χ0n) is 11.7. The van der Waals surface area contributed by atoms with Gasteiger partial charge in [0.25, 0.3) is 0 Å². The van der Waals surface area contributed by atoms with E-state index in [-0.39, 0.29) is 5.82 Å². The highest BCUT2D eigenvalue weighted by molar-refractivity contribution is 5.50. The number of hydrogen-bond acceptors (Lipinski definition) is 3. The maximum atomic E-state index is 13.1. The first-order valence-electron chi connectivity index (χ1n) is 6.46. The standard InChI is InChI=1S/C16H18FNO2/c1-12-7-8-13(17)11-14(12)18-9-10-20-16-6-4-3-5-15(16)19-2/h3-8,11,18H,9-10H2,1-2H3. The number of anilines is 1. The first-order chi connectivity index (χ1) is 9.70. The summed E-state index contributed by atoms with van der Waals surface area (Å²) in [4.78, 5) is 0. The third-order valence-electron chi connectivity index (χ3n) is 2.94. The molecule has 20 heavy (non-hydrogen) atoms. The number of nitrogens with one attached hydrogen (secondary N) is 1. The Morgan fingerprint density at radius 3 is 2.60 bits per heavy atom. The van der Waals surface area contributed by atoms with Crippen molar-refractivity contribution in [1.29, 1.82) is 0 Å². The Bertz CT molecular complexity index is 572. The molecular formula is C16H18FNO2. The van der Waals surface area contributed by atoms with Crippen molar-refractivity contribution in [2.24, 2.45) is 0 Å². The van der Waals surface area contributed by atoms with Gasteiger partial charge in [-0.2, -0.15) is 0 Å². The molecule has 0 aromatic heterocycles. The van der Waals surface area contributed by atoms with Crippen molar-refractivity contribution in [1.82, 2.24) is 0 Å². The van der Waals surface area contributed by atoms with Gasteiger partial charge in [0.2, 0.25) is 0 Å². The molecule has 1 N–H and O–H groups in total. The van der Waals surface area contributed by atoms with Crippen LogP contribution in [0.2, 0.25) is 0 Å². The van der Waals surface area contributed by atoms with Crippen LogP contribution in [0.4, 0.5) is 10.1 Å². The van der Waals surface area contributed by atoms with E-state index in [1.807, 2.05) is 31.2 Å². The molecule has 2 aromatic rings. The number of methoxy groups -OCH3 is 1. The van der Waals surface area contributed by atoms with Crippen LogP contribution in [-0.2, 0) is 0 Å². The first kappa shape index (κ1) is 14.2. The van der Waals surface area contributed by atoms with E-state index < -0.39 is 0 Å². The van der Waals surface area contributed by atoms with E-state index in [1.54, 1.807) is 13.2 Å². The Kier molecular flexibility index (Phi) is 4.82. The van der Waals surface area contributed by atoms with E-state index in [1.165, 1.54) is 12.1 Å². The van der Waals surface area contributed by atoms with Gasteiger partial charge in [0, 0.05) is 12.2 Å². The zero-order valence-corrected chi connectivity index (χ0v) is 11.7. The number of ether oxygens (including phenoxy) is 2. The van der Waals surface area contributed by atoms with Crippen molar-refractivity contribution in [2.75, 3.05) is 25.6 Å². The molecule has 0 saturated carbocycles. The number of benzene rings is 2. The van der Waals surface area contributed by atoms with E-state index in [9.17, 15) is 4.39 Å². The number of halogens is 1. The average molecular weight is 275 g/mol. The lowest BCUT2D eigenvalue weighted by Gasteiger charge is -2.12. The molecule has 2 aromatic carbocycles.